The maximum absolute atomic E-state index is 13.0. The molecule has 2 rings (SSSR count). The van der Waals surface area contributed by atoms with E-state index in [1.165, 1.54) is 24.5 Å². The van der Waals surface area contributed by atoms with Crippen LogP contribution < -0.4 is 5.32 Å². The van der Waals surface area contributed by atoms with E-state index in [4.69, 9.17) is 5.11 Å². The van der Waals surface area contributed by atoms with Crippen LogP contribution in [-0.4, -0.2) is 21.1 Å². The second-order valence-electron chi connectivity index (χ2n) is 3.55. The average molecular weight is 248 g/mol. The number of carbonyl (C=O) groups excluding carboxylic acids is 1. The summed E-state index contributed by atoms with van der Waals surface area (Å²) in [7, 11) is 0. The SMILES string of the molecule is O=C(Nc1ccc(O)c(F)c1)c1cncc(O)c1. The lowest BCUT2D eigenvalue weighted by Gasteiger charge is -2.05. The molecule has 0 fully saturated rings. The lowest BCUT2D eigenvalue weighted by atomic mass is 10.2. The van der Waals surface area contributed by atoms with Gasteiger partial charge < -0.3 is 15.5 Å². The molecule has 1 aromatic carbocycles. The van der Waals surface area contributed by atoms with Crippen molar-refractivity contribution in [2.24, 2.45) is 0 Å². The van der Waals surface area contributed by atoms with Crippen LogP contribution in [0.3, 0.4) is 0 Å². The number of hydrogen-bond donors (Lipinski definition) is 3. The van der Waals surface area contributed by atoms with Crippen LogP contribution in [0.5, 0.6) is 11.5 Å². The molecular formula is C12H9FN2O3. The number of amides is 1. The van der Waals surface area contributed by atoms with Gasteiger partial charge in [0, 0.05) is 18.0 Å². The summed E-state index contributed by atoms with van der Waals surface area (Å²) in [5.41, 5.74) is 0.335. The minimum Gasteiger partial charge on any atom is -0.506 e. The monoisotopic (exact) mass is 248 g/mol. The predicted molar refractivity (Wildman–Crippen MR) is 61.9 cm³/mol. The van der Waals surface area contributed by atoms with Crippen LogP contribution >= 0.6 is 0 Å². The summed E-state index contributed by atoms with van der Waals surface area (Å²) in [6.07, 6.45) is 2.46. The van der Waals surface area contributed by atoms with Gasteiger partial charge in [0.05, 0.1) is 11.8 Å². The summed E-state index contributed by atoms with van der Waals surface area (Å²) in [4.78, 5) is 15.4. The van der Waals surface area contributed by atoms with Crippen molar-refractivity contribution in [2.75, 3.05) is 5.32 Å². The molecular weight excluding hydrogens is 239 g/mol. The first-order valence-electron chi connectivity index (χ1n) is 5.00. The number of phenolic OH excluding ortho intramolecular Hbond substituents is 1. The van der Waals surface area contributed by atoms with Gasteiger partial charge in [-0.15, -0.1) is 0 Å². The van der Waals surface area contributed by atoms with E-state index in [0.29, 0.717) is 0 Å². The quantitative estimate of drug-likeness (QED) is 0.709. The molecule has 0 aliphatic rings. The number of nitrogens with zero attached hydrogens (tertiary/aromatic N) is 1. The first kappa shape index (κ1) is 11.8. The number of aromatic nitrogens is 1. The molecule has 0 spiro atoms. The Morgan fingerprint density at radius 3 is 2.67 bits per heavy atom. The molecule has 0 saturated heterocycles. The van der Waals surface area contributed by atoms with Gasteiger partial charge in [-0.1, -0.05) is 0 Å². The molecule has 0 unspecified atom stereocenters. The minimum absolute atomic E-state index is 0.139. The van der Waals surface area contributed by atoms with Gasteiger partial charge in [-0.3, -0.25) is 9.78 Å². The Morgan fingerprint density at radius 2 is 2.00 bits per heavy atom. The van der Waals surface area contributed by atoms with Crippen molar-refractivity contribution in [1.82, 2.24) is 4.98 Å². The van der Waals surface area contributed by atoms with Gasteiger partial charge in [0.15, 0.2) is 11.6 Å². The van der Waals surface area contributed by atoms with Crippen molar-refractivity contribution in [3.8, 4) is 11.5 Å². The first-order chi connectivity index (χ1) is 8.56. The maximum Gasteiger partial charge on any atom is 0.257 e. The topological polar surface area (TPSA) is 82.5 Å². The third kappa shape index (κ3) is 2.54. The van der Waals surface area contributed by atoms with Crippen LogP contribution in [0.2, 0.25) is 0 Å². The van der Waals surface area contributed by atoms with Crippen molar-refractivity contribution in [1.29, 1.82) is 0 Å². The molecule has 18 heavy (non-hydrogen) atoms. The molecule has 5 nitrogen and oxygen atoms in total. The molecule has 2 aromatic rings. The number of nitrogens with one attached hydrogen (secondary N) is 1. The zero-order chi connectivity index (χ0) is 13.1. The van der Waals surface area contributed by atoms with Gasteiger partial charge in [-0.2, -0.15) is 0 Å². The molecule has 0 saturated carbocycles. The molecule has 1 heterocycles. The van der Waals surface area contributed by atoms with E-state index in [1.54, 1.807) is 0 Å². The fraction of sp³-hybridized carbons (Fsp3) is 0. The molecule has 6 heteroatoms. The Bertz CT molecular complexity index is 602. The van der Waals surface area contributed by atoms with E-state index < -0.39 is 17.5 Å². The van der Waals surface area contributed by atoms with Crippen molar-refractivity contribution < 1.29 is 19.4 Å². The van der Waals surface area contributed by atoms with E-state index in [1.807, 2.05) is 0 Å². The summed E-state index contributed by atoms with van der Waals surface area (Å²) in [5, 5.41) is 20.6. The number of pyridine rings is 1. The van der Waals surface area contributed by atoms with E-state index >= 15 is 0 Å². The lowest BCUT2D eigenvalue weighted by Crippen LogP contribution is -2.12. The van der Waals surface area contributed by atoms with Crippen LogP contribution in [0, 0.1) is 5.82 Å². The number of carbonyl (C=O) groups is 1. The highest BCUT2D eigenvalue weighted by Gasteiger charge is 2.09. The van der Waals surface area contributed by atoms with E-state index in [9.17, 15) is 14.3 Å². The van der Waals surface area contributed by atoms with Crippen molar-refractivity contribution in [3.05, 3.63) is 48.0 Å². The number of halogens is 1. The number of hydrogen-bond acceptors (Lipinski definition) is 4. The summed E-state index contributed by atoms with van der Waals surface area (Å²) < 4.78 is 13.0. The predicted octanol–water partition coefficient (Wildman–Crippen LogP) is 1.88. The van der Waals surface area contributed by atoms with Crippen LogP contribution in [0.4, 0.5) is 10.1 Å². The second kappa shape index (κ2) is 4.70. The average Bonchev–Trinajstić information content (AvgIpc) is 2.34. The van der Waals surface area contributed by atoms with Crippen LogP contribution in [0.1, 0.15) is 10.4 Å². The number of phenols is 1. The van der Waals surface area contributed by atoms with Gasteiger partial charge in [0.1, 0.15) is 5.75 Å². The van der Waals surface area contributed by atoms with Crippen molar-refractivity contribution >= 4 is 11.6 Å². The molecule has 0 bridgehead atoms. The van der Waals surface area contributed by atoms with Gasteiger partial charge in [-0.25, -0.2) is 4.39 Å². The molecule has 3 N–H and O–H groups in total. The van der Waals surface area contributed by atoms with Gasteiger partial charge in [-0.05, 0) is 18.2 Å². The van der Waals surface area contributed by atoms with Gasteiger partial charge >= 0.3 is 0 Å². The Balaban J connectivity index is 2.18. The zero-order valence-corrected chi connectivity index (χ0v) is 9.09. The number of rotatable bonds is 2. The Kier molecular flexibility index (Phi) is 3.09. The Morgan fingerprint density at radius 1 is 1.22 bits per heavy atom. The van der Waals surface area contributed by atoms with E-state index in [2.05, 4.69) is 10.3 Å². The zero-order valence-electron chi connectivity index (χ0n) is 9.09. The minimum atomic E-state index is -0.832. The molecule has 0 atom stereocenters. The summed E-state index contributed by atoms with van der Waals surface area (Å²) in [5.74, 6) is -2.00. The standard InChI is InChI=1S/C12H9FN2O3/c13-10-4-8(1-2-11(10)17)15-12(18)7-3-9(16)6-14-5-7/h1-6,16-17H,(H,15,18). The second-order valence-corrected chi connectivity index (χ2v) is 3.55. The highest BCUT2D eigenvalue weighted by Crippen LogP contribution is 2.20. The highest BCUT2D eigenvalue weighted by atomic mass is 19.1. The van der Waals surface area contributed by atoms with E-state index in [0.717, 1.165) is 12.1 Å². The fourth-order valence-corrected chi connectivity index (χ4v) is 1.34. The normalized spacial score (nSPS) is 10.1. The van der Waals surface area contributed by atoms with E-state index in [-0.39, 0.29) is 17.0 Å². The molecule has 1 aromatic heterocycles. The fourth-order valence-electron chi connectivity index (χ4n) is 1.34. The molecule has 0 aliphatic carbocycles. The molecule has 92 valence electrons. The van der Waals surface area contributed by atoms with Gasteiger partial charge in [0.2, 0.25) is 0 Å². The molecule has 0 radical (unpaired) electrons. The van der Waals surface area contributed by atoms with Crippen molar-refractivity contribution in [2.45, 2.75) is 0 Å². The number of benzene rings is 1. The van der Waals surface area contributed by atoms with Crippen LogP contribution in [0.15, 0.2) is 36.7 Å². The van der Waals surface area contributed by atoms with Crippen LogP contribution in [-0.2, 0) is 0 Å². The third-order valence-corrected chi connectivity index (χ3v) is 2.19. The summed E-state index contributed by atoms with van der Waals surface area (Å²) in [6, 6.07) is 4.71. The molecule has 0 aliphatic heterocycles. The number of aromatic hydroxyl groups is 2. The first-order valence-corrected chi connectivity index (χ1v) is 5.00. The van der Waals surface area contributed by atoms with Gasteiger partial charge in [0.25, 0.3) is 5.91 Å². The maximum atomic E-state index is 13.0. The Hall–Kier alpha value is -2.63. The Labute approximate surface area is 102 Å². The summed E-state index contributed by atoms with van der Waals surface area (Å²) >= 11 is 0. The third-order valence-electron chi connectivity index (χ3n) is 2.19. The van der Waals surface area contributed by atoms with Crippen molar-refractivity contribution in [3.63, 3.8) is 0 Å². The molecule has 1 amide bonds. The highest BCUT2D eigenvalue weighted by molar-refractivity contribution is 6.04. The summed E-state index contributed by atoms with van der Waals surface area (Å²) in [6.45, 7) is 0. The smallest absolute Gasteiger partial charge is 0.257 e. The number of anilines is 1. The van der Waals surface area contributed by atoms with Crippen LogP contribution in [0.25, 0.3) is 0 Å². The largest absolute Gasteiger partial charge is 0.506 e. The lowest BCUT2D eigenvalue weighted by molar-refractivity contribution is 0.102.